The van der Waals surface area contributed by atoms with Crippen molar-refractivity contribution < 1.29 is 14.3 Å². The largest absolute Gasteiger partial charge is 0.497 e. The van der Waals surface area contributed by atoms with Crippen molar-refractivity contribution >= 4 is 50.2 Å². The summed E-state index contributed by atoms with van der Waals surface area (Å²) in [7, 11) is 2.87. The van der Waals surface area contributed by atoms with Gasteiger partial charge < -0.3 is 14.5 Å². The fourth-order valence-electron chi connectivity index (χ4n) is 2.49. The lowest BCUT2D eigenvalue weighted by Crippen LogP contribution is -2.10. The van der Waals surface area contributed by atoms with Crippen LogP contribution in [0.15, 0.2) is 29.1 Å². The molecule has 1 aromatic carbocycles. The fourth-order valence-corrected chi connectivity index (χ4v) is 3.81. The second-order valence-corrected chi connectivity index (χ2v) is 6.82. The summed E-state index contributed by atoms with van der Waals surface area (Å²) in [5.41, 5.74) is 0.992. The molecule has 26 heavy (non-hydrogen) atoms. The first-order chi connectivity index (χ1) is 12.4. The fraction of sp³-hybridized carbons (Fsp3) is 0.167. The number of rotatable bonds is 4. The van der Waals surface area contributed by atoms with Crippen molar-refractivity contribution in [3.05, 3.63) is 56.4 Å². The van der Waals surface area contributed by atoms with E-state index in [9.17, 15) is 9.59 Å². The highest BCUT2D eigenvalue weighted by Crippen LogP contribution is 2.29. The van der Waals surface area contributed by atoms with Crippen LogP contribution in [0.2, 0.25) is 0 Å². The van der Waals surface area contributed by atoms with E-state index in [0.29, 0.717) is 26.4 Å². The second kappa shape index (κ2) is 7.31. The van der Waals surface area contributed by atoms with Gasteiger partial charge in [-0.15, -0.1) is 11.3 Å². The van der Waals surface area contributed by atoms with E-state index in [0.717, 1.165) is 16.9 Å². The summed E-state index contributed by atoms with van der Waals surface area (Å²) in [4.78, 5) is 32.1. The molecule has 0 radical (unpaired) electrons. The number of methoxy groups -OCH3 is 2. The smallest absolute Gasteiger partial charge is 0.348 e. The first-order valence-electron chi connectivity index (χ1n) is 7.58. The van der Waals surface area contributed by atoms with Gasteiger partial charge in [-0.2, -0.15) is 0 Å². The van der Waals surface area contributed by atoms with Gasteiger partial charge >= 0.3 is 5.97 Å². The Balaban J connectivity index is 2.09. The van der Waals surface area contributed by atoms with Gasteiger partial charge in [-0.1, -0.05) is 23.7 Å². The first-order valence-corrected chi connectivity index (χ1v) is 8.77. The molecular weight excluding hydrogens is 376 g/mol. The van der Waals surface area contributed by atoms with E-state index in [1.165, 1.54) is 7.11 Å². The number of esters is 1. The number of nitrogens with one attached hydrogen (secondary N) is 1. The number of carbonyl (C=O) groups excluding carboxylic acids is 1. The van der Waals surface area contributed by atoms with Crippen molar-refractivity contribution in [3.63, 3.8) is 0 Å². The van der Waals surface area contributed by atoms with Gasteiger partial charge in [0.2, 0.25) is 0 Å². The molecule has 0 aliphatic rings. The summed E-state index contributed by atoms with van der Waals surface area (Å²) >= 11 is 7.45. The van der Waals surface area contributed by atoms with Crippen molar-refractivity contribution in [2.45, 2.75) is 6.92 Å². The second-order valence-electron chi connectivity index (χ2n) is 5.41. The van der Waals surface area contributed by atoms with Crippen molar-refractivity contribution in [3.8, 4) is 5.75 Å². The van der Waals surface area contributed by atoms with Crippen LogP contribution in [0, 0.1) is 6.92 Å². The number of carbonyl (C=O) groups is 1. The number of halogens is 1. The molecule has 0 unspecified atom stereocenters. The molecule has 0 spiro atoms. The Morgan fingerprint density at radius 3 is 2.81 bits per heavy atom. The molecule has 0 saturated heterocycles. The number of fused-ring (bicyclic) bond motifs is 1. The summed E-state index contributed by atoms with van der Waals surface area (Å²) in [5, 5.41) is 0.632. The summed E-state index contributed by atoms with van der Waals surface area (Å²) in [6, 6.07) is 7.31. The highest BCUT2D eigenvalue weighted by atomic mass is 35.5. The maximum Gasteiger partial charge on any atom is 0.348 e. The van der Waals surface area contributed by atoms with Crippen molar-refractivity contribution in [1.29, 1.82) is 0 Å². The predicted octanol–water partition coefficient (Wildman–Crippen LogP) is 3.83. The average Bonchev–Trinajstić information content (AvgIpc) is 2.98. The zero-order chi connectivity index (χ0) is 18.8. The van der Waals surface area contributed by atoms with E-state index in [1.807, 2.05) is 24.3 Å². The zero-order valence-electron chi connectivity index (χ0n) is 14.3. The Hall–Kier alpha value is -2.64. The molecule has 6 nitrogen and oxygen atoms in total. The molecular formula is C18H15ClN2O4S. The van der Waals surface area contributed by atoms with Crippen LogP contribution in [-0.2, 0) is 4.74 Å². The quantitative estimate of drug-likeness (QED) is 0.685. The zero-order valence-corrected chi connectivity index (χ0v) is 15.8. The molecule has 0 fully saturated rings. The maximum absolute atomic E-state index is 12.5. The summed E-state index contributed by atoms with van der Waals surface area (Å²) in [6.07, 6.45) is 1.68. The molecule has 2 heterocycles. The molecule has 3 aromatic rings. The number of aromatic nitrogens is 2. The van der Waals surface area contributed by atoms with Gasteiger partial charge in [-0.3, -0.25) is 4.79 Å². The lowest BCUT2D eigenvalue weighted by Gasteiger charge is -2.02. The molecule has 0 aliphatic heterocycles. The molecule has 2 aromatic heterocycles. The number of hydrogen-bond donors (Lipinski definition) is 1. The SMILES string of the molecule is COC(=O)c1sc2nc(C(Cl)=Cc3cccc(OC)c3)[nH]c(=O)c2c1C. The van der Waals surface area contributed by atoms with Crippen LogP contribution >= 0.6 is 22.9 Å². The highest BCUT2D eigenvalue weighted by molar-refractivity contribution is 7.20. The van der Waals surface area contributed by atoms with Gasteiger partial charge in [0.05, 0.1) is 24.6 Å². The number of benzene rings is 1. The minimum atomic E-state index is -0.496. The van der Waals surface area contributed by atoms with Crippen LogP contribution in [0.25, 0.3) is 21.3 Å². The van der Waals surface area contributed by atoms with E-state index < -0.39 is 5.97 Å². The van der Waals surface area contributed by atoms with Crippen LogP contribution in [0.3, 0.4) is 0 Å². The lowest BCUT2D eigenvalue weighted by molar-refractivity contribution is 0.0605. The first kappa shape index (κ1) is 18.2. The van der Waals surface area contributed by atoms with Crippen LogP contribution in [0.4, 0.5) is 0 Å². The van der Waals surface area contributed by atoms with Crippen molar-refractivity contribution in [2.75, 3.05) is 14.2 Å². The van der Waals surface area contributed by atoms with Gasteiger partial charge in [0.25, 0.3) is 5.56 Å². The van der Waals surface area contributed by atoms with Gasteiger partial charge in [-0.25, -0.2) is 9.78 Å². The summed E-state index contributed by atoms with van der Waals surface area (Å²) in [6.45, 7) is 1.69. The number of aromatic amines is 1. The number of H-pyrrole nitrogens is 1. The van der Waals surface area contributed by atoms with Crippen LogP contribution in [0.1, 0.15) is 26.6 Å². The van der Waals surface area contributed by atoms with E-state index in [-0.39, 0.29) is 16.4 Å². The average molecular weight is 391 g/mol. The highest BCUT2D eigenvalue weighted by Gasteiger charge is 2.20. The van der Waals surface area contributed by atoms with Crippen LogP contribution in [0.5, 0.6) is 5.75 Å². The minimum Gasteiger partial charge on any atom is -0.497 e. The third-order valence-electron chi connectivity index (χ3n) is 3.78. The summed E-state index contributed by atoms with van der Waals surface area (Å²) in [5.74, 6) is 0.422. The van der Waals surface area contributed by atoms with Crippen LogP contribution < -0.4 is 10.3 Å². The molecule has 1 N–H and O–H groups in total. The lowest BCUT2D eigenvalue weighted by atomic mass is 10.2. The molecule has 134 valence electrons. The third kappa shape index (κ3) is 3.36. The normalized spacial score (nSPS) is 11.6. The predicted molar refractivity (Wildman–Crippen MR) is 103 cm³/mol. The number of nitrogens with zero attached hydrogens (tertiary/aromatic N) is 1. The number of hydrogen-bond acceptors (Lipinski definition) is 6. The molecule has 0 amide bonds. The standard InChI is InChI=1S/C18H15ClN2O4S/c1-9-13-16(22)20-15(21-17(13)26-14(9)18(23)25-3)12(19)8-10-5-4-6-11(7-10)24-2/h4-8H,1-3H3,(H,20,21,22). The number of thiophene rings is 1. The molecule has 3 rings (SSSR count). The Bertz CT molecular complexity index is 1080. The Morgan fingerprint density at radius 2 is 2.12 bits per heavy atom. The third-order valence-corrected chi connectivity index (χ3v) is 5.24. The maximum atomic E-state index is 12.5. The Kier molecular flexibility index (Phi) is 5.11. The van der Waals surface area contributed by atoms with Crippen LogP contribution in [-0.4, -0.2) is 30.2 Å². The van der Waals surface area contributed by atoms with Gasteiger partial charge in [0.1, 0.15) is 15.5 Å². The molecule has 0 saturated carbocycles. The van der Waals surface area contributed by atoms with E-state index in [2.05, 4.69) is 9.97 Å². The van der Waals surface area contributed by atoms with Gasteiger partial charge in [-0.05, 0) is 36.3 Å². The van der Waals surface area contributed by atoms with E-state index >= 15 is 0 Å². The number of aryl methyl sites for hydroxylation is 1. The molecule has 0 bridgehead atoms. The van der Waals surface area contributed by atoms with Crippen molar-refractivity contribution in [1.82, 2.24) is 9.97 Å². The molecule has 8 heteroatoms. The van der Waals surface area contributed by atoms with Gasteiger partial charge in [0.15, 0.2) is 5.82 Å². The van der Waals surface area contributed by atoms with Gasteiger partial charge in [0, 0.05) is 0 Å². The molecule has 0 atom stereocenters. The Morgan fingerprint density at radius 1 is 1.35 bits per heavy atom. The topological polar surface area (TPSA) is 81.3 Å². The van der Waals surface area contributed by atoms with Crippen molar-refractivity contribution in [2.24, 2.45) is 0 Å². The van der Waals surface area contributed by atoms with E-state index in [1.54, 1.807) is 20.1 Å². The van der Waals surface area contributed by atoms with E-state index in [4.69, 9.17) is 21.1 Å². The minimum absolute atomic E-state index is 0.227. The molecule has 0 aliphatic carbocycles. The Labute approximate surface area is 158 Å². The summed E-state index contributed by atoms with van der Waals surface area (Å²) < 4.78 is 9.93. The monoisotopic (exact) mass is 390 g/mol. The number of ether oxygens (including phenoxy) is 2.